The second kappa shape index (κ2) is 7.23. The van der Waals surface area contributed by atoms with E-state index < -0.39 is 0 Å². The lowest BCUT2D eigenvalue weighted by Crippen LogP contribution is -2.08. The first-order valence-corrected chi connectivity index (χ1v) is 6.01. The summed E-state index contributed by atoms with van der Waals surface area (Å²) in [6.45, 7) is 5.83. The van der Waals surface area contributed by atoms with E-state index in [1.54, 1.807) is 0 Å². The summed E-state index contributed by atoms with van der Waals surface area (Å²) in [6.07, 6.45) is 3.54. The van der Waals surface area contributed by atoms with Crippen molar-refractivity contribution in [3.8, 4) is 5.88 Å². The van der Waals surface area contributed by atoms with Gasteiger partial charge in [0.05, 0.1) is 6.61 Å². The van der Waals surface area contributed by atoms with Crippen LogP contribution in [-0.4, -0.2) is 18.6 Å². The summed E-state index contributed by atoms with van der Waals surface area (Å²) < 4.78 is 5.59. The molecule has 0 aliphatic rings. The molecule has 1 aromatic rings. The van der Waals surface area contributed by atoms with Crippen molar-refractivity contribution in [1.82, 2.24) is 10.3 Å². The third kappa shape index (κ3) is 4.19. The fraction of sp³-hybridized carbons (Fsp3) is 0.615. The molecule has 0 radical (unpaired) electrons. The second-order valence-corrected chi connectivity index (χ2v) is 3.98. The van der Waals surface area contributed by atoms with Crippen molar-refractivity contribution in [1.29, 1.82) is 0 Å². The van der Waals surface area contributed by atoms with E-state index in [1.165, 1.54) is 18.4 Å². The van der Waals surface area contributed by atoms with Crippen LogP contribution < -0.4 is 10.1 Å². The second-order valence-electron chi connectivity index (χ2n) is 3.98. The number of unbranched alkanes of at least 4 members (excludes halogenated alkanes) is 2. The Kier molecular flexibility index (Phi) is 5.86. The molecule has 0 saturated carbocycles. The highest BCUT2D eigenvalue weighted by Crippen LogP contribution is 2.12. The van der Waals surface area contributed by atoms with E-state index in [9.17, 15) is 0 Å². The van der Waals surface area contributed by atoms with Gasteiger partial charge in [-0.1, -0.05) is 25.8 Å². The first kappa shape index (κ1) is 13.0. The van der Waals surface area contributed by atoms with Crippen LogP contribution in [0.25, 0.3) is 0 Å². The number of nitrogens with one attached hydrogen (secondary N) is 1. The number of aromatic nitrogens is 1. The third-order valence-electron chi connectivity index (χ3n) is 2.53. The van der Waals surface area contributed by atoms with E-state index in [4.69, 9.17) is 4.74 Å². The van der Waals surface area contributed by atoms with Crippen LogP contribution >= 0.6 is 0 Å². The highest BCUT2D eigenvalue weighted by molar-refractivity contribution is 5.24. The number of hydrogen-bond acceptors (Lipinski definition) is 3. The Morgan fingerprint density at radius 1 is 1.31 bits per heavy atom. The van der Waals surface area contributed by atoms with Crippen LogP contribution in [0, 0.1) is 6.92 Å². The Balaban J connectivity index is 2.46. The lowest BCUT2D eigenvalue weighted by atomic mass is 10.2. The zero-order valence-electron chi connectivity index (χ0n) is 10.5. The average Bonchev–Trinajstić information content (AvgIpc) is 2.28. The largest absolute Gasteiger partial charge is 0.478 e. The highest BCUT2D eigenvalue weighted by atomic mass is 16.5. The van der Waals surface area contributed by atoms with E-state index >= 15 is 0 Å². The van der Waals surface area contributed by atoms with Gasteiger partial charge in [0.1, 0.15) is 0 Å². The van der Waals surface area contributed by atoms with E-state index in [2.05, 4.69) is 23.3 Å². The Morgan fingerprint density at radius 3 is 2.75 bits per heavy atom. The van der Waals surface area contributed by atoms with Gasteiger partial charge in [-0.3, -0.25) is 0 Å². The fourth-order valence-corrected chi connectivity index (χ4v) is 1.55. The number of hydrogen-bond donors (Lipinski definition) is 1. The lowest BCUT2D eigenvalue weighted by Gasteiger charge is -2.08. The smallest absolute Gasteiger partial charge is 0.213 e. The monoisotopic (exact) mass is 222 g/mol. The zero-order valence-corrected chi connectivity index (χ0v) is 10.5. The van der Waals surface area contributed by atoms with Crippen molar-refractivity contribution >= 4 is 0 Å². The first-order valence-electron chi connectivity index (χ1n) is 6.01. The summed E-state index contributed by atoms with van der Waals surface area (Å²) in [6, 6.07) is 4.03. The van der Waals surface area contributed by atoms with Crippen molar-refractivity contribution in [3.05, 3.63) is 23.4 Å². The standard InChI is InChI=1S/C13H22N2O/c1-4-5-6-9-16-13-8-7-12(10-14-3)11(2)15-13/h7-8,14H,4-6,9-10H2,1-3H3. The summed E-state index contributed by atoms with van der Waals surface area (Å²) in [7, 11) is 1.94. The SMILES string of the molecule is CCCCCOc1ccc(CNC)c(C)n1. The van der Waals surface area contributed by atoms with Crippen LogP contribution in [0.4, 0.5) is 0 Å². The maximum Gasteiger partial charge on any atom is 0.213 e. The van der Waals surface area contributed by atoms with Crippen LogP contribution in [0.3, 0.4) is 0 Å². The molecule has 1 aromatic heterocycles. The molecule has 16 heavy (non-hydrogen) atoms. The van der Waals surface area contributed by atoms with Crippen molar-refractivity contribution in [2.75, 3.05) is 13.7 Å². The lowest BCUT2D eigenvalue weighted by molar-refractivity contribution is 0.294. The minimum atomic E-state index is 0.744. The van der Waals surface area contributed by atoms with E-state index in [-0.39, 0.29) is 0 Å². The number of nitrogens with zero attached hydrogens (tertiary/aromatic N) is 1. The molecule has 0 unspecified atom stereocenters. The molecule has 0 saturated heterocycles. The van der Waals surface area contributed by atoms with Gasteiger partial charge >= 0.3 is 0 Å². The molecule has 0 atom stereocenters. The molecular formula is C13H22N2O. The third-order valence-corrected chi connectivity index (χ3v) is 2.53. The highest BCUT2D eigenvalue weighted by Gasteiger charge is 2.01. The summed E-state index contributed by atoms with van der Waals surface area (Å²) in [4.78, 5) is 4.43. The van der Waals surface area contributed by atoms with Gasteiger partial charge in [0.25, 0.3) is 0 Å². The summed E-state index contributed by atoms with van der Waals surface area (Å²) >= 11 is 0. The van der Waals surface area contributed by atoms with Crippen LogP contribution in [-0.2, 0) is 6.54 Å². The van der Waals surface area contributed by atoms with Crippen LogP contribution in [0.15, 0.2) is 12.1 Å². The Hall–Kier alpha value is -1.09. The molecule has 3 heteroatoms. The minimum Gasteiger partial charge on any atom is -0.478 e. The molecule has 90 valence electrons. The first-order chi connectivity index (χ1) is 7.77. The predicted octanol–water partition coefficient (Wildman–Crippen LogP) is 2.68. The number of rotatable bonds is 7. The molecule has 0 bridgehead atoms. The van der Waals surface area contributed by atoms with Gasteiger partial charge in [0.2, 0.25) is 5.88 Å². The molecule has 3 nitrogen and oxygen atoms in total. The molecule has 0 aliphatic heterocycles. The van der Waals surface area contributed by atoms with E-state index in [0.717, 1.165) is 31.1 Å². The zero-order chi connectivity index (χ0) is 11.8. The van der Waals surface area contributed by atoms with Gasteiger partial charge in [-0.05, 0) is 26.0 Å². The minimum absolute atomic E-state index is 0.744. The molecule has 0 amide bonds. The van der Waals surface area contributed by atoms with Crippen LogP contribution in [0.1, 0.15) is 37.4 Å². The number of ether oxygens (including phenoxy) is 1. The number of aryl methyl sites for hydroxylation is 1. The maximum atomic E-state index is 5.59. The van der Waals surface area contributed by atoms with Gasteiger partial charge in [-0.2, -0.15) is 0 Å². The van der Waals surface area contributed by atoms with Crippen molar-refractivity contribution in [2.24, 2.45) is 0 Å². The number of pyridine rings is 1. The molecular weight excluding hydrogens is 200 g/mol. The van der Waals surface area contributed by atoms with E-state index in [1.807, 2.05) is 20.0 Å². The predicted molar refractivity (Wildman–Crippen MR) is 66.8 cm³/mol. The van der Waals surface area contributed by atoms with Crippen molar-refractivity contribution in [2.45, 2.75) is 39.7 Å². The summed E-state index contributed by atoms with van der Waals surface area (Å²) in [5.41, 5.74) is 2.27. The van der Waals surface area contributed by atoms with Crippen LogP contribution in [0.2, 0.25) is 0 Å². The van der Waals surface area contributed by atoms with Crippen molar-refractivity contribution < 1.29 is 4.74 Å². The van der Waals surface area contributed by atoms with Gasteiger partial charge in [-0.25, -0.2) is 4.98 Å². The molecule has 1 heterocycles. The molecule has 0 aromatic carbocycles. The maximum absolute atomic E-state index is 5.59. The summed E-state index contributed by atoms with van der Waals surface area (Å²) in [5.74, 6) is 0.744. The van der Waals surface area contributed by atoms with Crippen LogP contribution in [0.5, 0.6) is 5.88 Å². The molecule has 1 N–H and O–H groups in total. The molecule has 1 rings (SSSR count). The Labute approximate surface area is 98.2 Å². The Bertz CT molecular complexity index is 313. The average molecular weight is 222 g/mol. The van der Waals surface area contributed by atoms with Gasteiger partial charge in [0.15, 0.2) is 0 Å². The Morgan fingerprint density at radius 2 is 2.12 bits per heavy atom. The fourth-order valence-electron chi connectivity index (χ4n) is 1.55. The normalized spacial score (nSPS) is 10.4. The van der Waals surface area contributed by atoms with E-state index in [0.29, 0.717) is 0 Å². The molecule has 0 spiro atoms. The van der Waals surface area contributed by atoms with Gasteiger partial charge in [-0.15, -0.1) is 0 Å². The van der Waals surface area contributed by atoms with Gasteiger partial charge < -0.3 is 10.1 Å². The molecule has 0 fully saturated rings. The quantitative estimate of drug-likeness (QED) is 0.720. The van der Waals surface area contributed by atoms with Crippen molar-refractivity contribution in [3.63, 3.8) is 0 Å². The summed E-state index contributed by atoms with van der Waals surface area (Å²) in [5, 5.41) is 3.12. The van der Waals surface area contributed by atoms with Gasteiger partial charge in [0, 0.05) is 18.3 Å². The molecule has 0 aliphatic carbocycles. The topological polar surface area (TPSA) is 34.1 Å².